The number of carbonyl (C=O) groups is 3. The van der Waals surface area contributed by atoms with E-state index in [-0.39, 0.29) is 18.6 Å². The molecule has 3 rings (SSSR count). The van der Waals surface area contributed by atoms with Crippen LogP contribution in [-0.2, 0) is 25.7 Å². The number of rotatable bonds is 7. The fraction of sp³-hybridized carbons (Fsp3) is 0.318. The van der Waals surface area contributed by atoms with E-state index in [1.54, 1.807) is 0 Å². The molecule has 6 heteroatoms. The Morgan fingerprint density at radius 1 is 1.04 bits per heavy atom. The number of esters is 1. The Bertz CT molecular complexity index is 1050. The fourth-order valence-corrected chi connectivity index (χ4v) is 3.30. The molecule has 3 aromatic rings. The van der Waals surface area contributed by atoms with Gasteiger partial charge >= 0.3 is 5.97 Å². The van der Waals surface area contributed by atoms with Crippen molar-refractivity contribution in [1.29, 1.82) is 0 Å². The molecule has 1 heterocycles. The Labute approximate surface area is 163 Å². The summed E-state index contributed by atoms with van der Waals surface area (Å²) in [6, 6.07) is 13.9. The molecule has 28 heavy (non-hydrogen) atoms. The number of ether oxygens (including phenoxy) is 1. The predicted molar refractivity (Wildman–Crippen MR) is 109 cm³/mol. The molecule has 1 N–H and O–H groups in total. The van der Waals surface area contributed by atoms with E-state index >= 15 is 0 Å². The maximum atomic E-state index is 12.4. The number of aryl methyl sites for hydroxylation is 1. The number of Topliss-reactive ketones (excluding diaryl/α,β-unsaturated/α-hetero) is 1. The largest absolute Gasteiger partial charge is 0.453 e. The van der Waals surface area contributed by atoms with Gasteiger partial charge in [-0.2, -0.15) is 0 Å². The topological polar surface area (TPSA) is 77.4 Å². The van der Waals surface area contributed by atoms with E-state index in [0.29, 0.717) is 5.69 Å². The minimum absolute atomic E-state index is 0.0184. The second-order valence-electron chi connectivity index (χ2n) is 6.82. The van der Waals surface area contributed by atoms with Gasteiger partial charge in [-0.15, -0.1) is 0 Å². The number of nitrogens with one attached hydrogen (secondary N) is 1. The van der Waals surface area contributed by atoms with Crippen LogP contribution in [0, 0.1) is 0 Å². The molecule has 6 nitrogen and oxygen atoms in total. The molecule has 0 aliphatic heterocycles. The van der Waals surface area contributed by atoms with Gasteiger partial charge in [-0.25, -0.2) is 0 Å². The van der Waals surface area contributed by atoms with Crippen LogP contribution in [0.1, 0.15) is 33.6 Å². The smallest absolute Gasteiger partial charge is 0.307 e. The first-order valence-electron chi connectivity index (χ1n) is 9.41. The summed E-state index contributed by atoms with van der Waals surface area (Å²) in [6.07, 6.45) is -0.840. The molecule has 0 radical (unpaired) electrons. The van der Waals surface area contributed by atoms with Gasteiger partial charge in [0.1, 0.15) is 5.78 Å². The first-order valence-corrected chi connectivity index (χ1v) is 9.41. The molecule has 0 aliphatic carbocycles. The third-order valence-electron chi connectivity index (χ3n) is 4.71. The molecule has 0 saturated carbocycles. The summed E-state index contributed by atoms with van der Waals surface area (Å²) in [7, 11) is 0. The molecule has 0 aliphatic rings. The van der Waals surface area contributed by atoms with Crippen LogP contribution in [0.2, 0.25) is 0 Å². The van der Waals surface area contributed by atoms with Crippen molar-refractivity contribution in [3.05, 3.63) is 42.5 Å². The summed E-state index contributed by atoms with van der Waals surface area (Å²) in [6.45, 7) is 5.88. The Balaban J connectivity index is 1.77. The van der Waals surface area contributed by atoms with E-state index in [1.807, 2.05) is 30.3 Å². The third kappa shape index (κ3) is 4.06. The number of anilines is 1. The molecule has 0 bridgehead atoms. The van der Waals surface area contributed by atoms with Gasteiger partial charge in [-0.3, -0.25) is 9.59 Å². The molecule has 2 aromatic carbocycles. The first-order chi connectivity index (χ1) is 13.4. The zero-order valence-corrected chi connectivity index (χ0v) is 16.3. The van der Waals surface area contributed by atoms with Gasteiger partial charge in [0, 0.05) is 40.5 Å². The first kappa shape index (κ1) is 19.6. The third-order valence-corrected chi connectivity index (χ3v) is 4.71. The molecule has 0 unspecified atom stereocenters. The van der Waals surface area contributed by atoms with Gasteiger partial charge in [0.2, 0.25) is 0 Å². The lowest BCUT2D eigenvalue weighted by Crippen LogP contribution is -2.30. The maximum absolute atomic E-state index is 12.4. The van der Waals surface area contributed by atoms with Gasteiger partial charge in [-0.1, -0.05) is 18.2 Å². The van der Waals surface area contributed by atoms with Crippen LogP contribution in [0.4, 0.5) is 5.69 Å². The van der Waals surface area contributed by atoms with Crippen LogP contribution in [0.5, 0.6) is 0 Å². The molecular weight excluding hydrogens is 356 g/mol. The van der Waals surface area contributed by atoms with Gasteiger partial charge in [0.25, 0.3) is 5.91 Å². The van der Waals surface area contributed by atoms with Crippen molar-refractivity contribution in [2.24, 2.45) is 0 Å². The minimum Gasteiger partial charge on any atom is -0.453 e. The van der Waals surface area contributed by atoms with E-state index in [4.69, 9.17) is 4.74 Å². The Morgan fingerprint density at radius 3 is 2.46 bits per heavy atom. The van der Waals surface area contributed by atoms with Crippen molar-refractivity contribution in [3.63, 3.8) is 0 Å². The SMILES string of the molecule is CCn1c2ccccc2c2cc(NC(=O)[C@@H](C)OC(=O)CCC(C)=O)ccc21. The summed E-state index contributed by atoms with van der Waals surface area (Å²) in [5.74, 6) is -1.05. The Morgan fingerprint density at radius 2 is 1.75 bits per heavy atom. The summed E-state index contributed by atoms with van der Waals surface area (Å²) in [5, 5.41) is 4.98. The fourth-order valence-electron chi connectivity index (χ4n) is 3.30. The lowest BCUT2D eigenvalue weighted by molar-refractivity contribution is -0.153. The Hall–Kier alpha value is -3.15. The quantitative estimate of drug-likeness (QED) is 0.627. The molecule has 0 saturated heterocycles. The molecule has 0 spiro atoms. The van der Waals surface area contributed by atoms with Gasteiger partial charge in [0.05, 0.1) is 6.42 Å². The number of amides is 1. The number of ketones is 1. The zero-order chi connectivity index (χ0) is 20.3. The van der Waals surface area contributed by atoms with Crippen LogP contribution in [0.25, 0.3) is 21.8 Å². The van der Waals surface area contributed by atoms with Crippen LogP contribution in [0.15, 0.2) is 42.5 Å². The van der Waals surface area contributed by atoms with Crippen LogP contribution < -0.4 is 5.32 Å². The van der Waals surface area contributed by atoms with Crippen LogP contribution in [0.3, 0.4) is 0 Å². The van der Waals surface area contributed by atoms with E-state index in [2.05, 4.69) is 28.9 Å². The lowest BCUT2D eigenvalue weighted by Gasteiger charge is -2.13. The monoisotopic (exact) mass is 380 g/mol. The summed E-state index contributed by atoms with van der Waals surface area (Å²) < 4.78 is 7.34. The highest BCUT2D eigenvalue weighted by Crippen LogP contribution is 2.31. The Kier molecular flexibility index (Phi) is 5.78. The molecule has 1 aromatic heterocycles. The van der Waals surface area contributed by atoms with Crippen molar-refractivity contribution < 1.29 is 19.1 Å². The summed E-state index contributed by atoms with van der Waals surface area (Å²) in [5.41, 5.74) is 2.89. The van der Waals surface area contributed by atoms with Crippen molar-refractivity contribution in [3.8, 4) is 0 Å². The highest BCUT2D eigenvalue weighted by Gasteiger charge is 2.19. The average molecular weight is 380 g/mol. The number of carbonyl (C=O) groups excluding carboxylic acids is 3. The number of fused-ring (bicyclic) bond motifs is 3. The molecule has 1 amide bonds. The van der Waals surface area contributed by atoms with Gasteiger partial charge in [0.15, 0.2) is 6.10 Å². The van der Waals surface area contributed by atoms with Gasteiger partial charge < -0.3 is 19.4 Å². The van der Waals surface area contributed by atoms with Gasteiger partial charge in [-0.05, 0) is 45.0 Å². The summed E-state index contributed by atoms with van der Waals surface area (Å²) in [4.78, 5) is 35.0. The van der Waals surface area contributed by atoms with Crippen molar-refractivity contribution >= 4 is 45.2 Å². The second-order valence-corrected chi connectivity index (χ2v) is 6.82. The molecule has 146 valence electrons. The molecule has 1 atom stereocenters. The normalized spacial score (nSPS) is 12.1. The van der Waals surface area contributed by atoms with Crippen LogP contribution >= 0.6 is 0 Å². The summed E-state index contributed by atoms with van der Waals surface area (Å²) >= 11 is 0. The number of hydrogen-bond acceptors (Lipinski definition) is 4. The van der Waals surface area contributed by atoms with Crippen molar-refractivity contribution in [1.82, 2.24) is 4.57 Å². The van der Waals surface area contributed by atoms with E-state index in [1.165, 1.54) is 13.8 Å². The highest BCUT2D eigenvalue weighted by molar-refractivity contribution is 6.10. The van der Waals surface area contributed by atoms with E-state index in [9.17, 15) is 14.4 Å². The standard InChI is InChI=1S/C22H24N2O4/c1-4-24-19-8-6-5-7-17(19)18-13-16(10-11-20(18)24)23-22(27)15(3)28-21(26)12-9-14(2)25/h5-8,10-11,13,15H,4,9,12H2,1-3H3,(H,23,27)/t15-/m1/s1. The van der Waals surface area contributed by atoms with Crippen molar-refractivity contribution in [2.45, 2.75) is 46.3 Å². The second kappa shape index (κ2) is 8.25. The number of benzene rings is 2. The number of hydrogen-bond donors (Lipinski definition) is 1. The number of para-hydroxylation sites is 1. The predicted octanol–water partition coefficient (Wildman–Crippen LogP) is 4.05. The van der Waals surface area contributed by atoms with Crippen molar-refractivity contribution in [2.75, 3.05) is 5.32 Å². The zero-order valence-electron chi connectivity index (χ0n) is 16.3. The lowest BCUT2D eigenvalue weighted by atomic mass is 10.1. The number of nitrogens with zero attached hydrogens (tertiary/aromatic N) is 1. The highest BCUT2D eigenvalue weighted by atomic mass is 16.5. The maximum Gasteiger partial charge on any atom is 0.307 e. The minimum atomic E-state index is -0.938. The van der Waals surface area contributed by atoms with E-state index < -0.39 is 18.0 Å². The van der Waals surface area contributed by atoms with Crippen LogP contribution in [-0.4, -0.2) is 28.3 Å². The average Bonchev–Trinajstić information content (AvgIpc) is 2.99. The number of aromatic nitrogens is 1. The molecule has 0 fully saturated rings. The van der Waals surface area contributed by atoms with E-state index in [0.717, 1.165) is 28.4 Å². The molecular formula is C22H24N2O4.